The molecule has 1 aromatic heterocycles. The van der Waals surface area contributed by atoms with Crippen molar-refractivity contribution < 1.29 is 14.3 Å². The van der Waals surface area contributed by atoms with Gasteiger partial charge in [0.25, 0.3) is 5.56 Å². The van der Waals surface area contributed by atoms with Crippen molar-refractivity contribution >= 4 is 28.7 Å². The zero-order valence-corrected chi connectivity index (χ0v) is 19.4. The van der Waals surface area contributed by atoms with Gasteiger partial charge >= 0.3 is 0 Å². The summed E-state index contributed by atoms with van der Waals surface area (Å²) in [6, 6.07) is 10.1. The van der Waals surface area contributed by atoms with Crippen LogP contribution in [0.2, 0.25) is 0 Å². The summed E-state index contributed by atoms with van der Waals surface area (Å²) in [4.78, 5) is 25.7. The highest BCUT2D eigenvalue weighted by molar-refractivity contribution is 5.92. The summed E-state index contributed by atoms with van der Waals surface area (Å²) in [6.07, 6.45) is 0.550. The van der Waals surface area contributed by atoms with Gasteiger partial charge in [-0.3, -0.25) is 19.5 Å². The average Bonchev–Trinajstić information content (AvgIpc) is 2.79. The number of hydrogen-bond acceptors (Lipinski definition) is 6. The number of halogens is 1. The molecule has 0 radical (unpaired) electrons. The second kappa shape index (κ2) is 9.91. The van der Waals surface area contributed by atoms with Crippen LogP contribution in [0.15, 0.2) is 46.3 Å². The Hall–Kier alpha value is -3.59. The lowest BCUT2D eigenvalue weighted by Gasteiger charge is -2.21. The Bertz CT molecular complexity index is 1270. The number of aliphatic hydroxyl groups excluding tert-OH is 1. The molecule has 0 aliphatic carbocycles. The van der Waals surface area contributed by atoms with Crippen molar-refractivity contribution in [2.24, 2.45) is 5.10 Å². The molecule has 33 heavy (non-hydrogen) atoms. The molecule has 174 valence electrons. The summed E-state index contributed by atoms with van der Waals surface area (Å²) in [5.74, 6) is -0.629. The van der Waals surface area contributed by atoms with Gasteiger partial charge in [0.15, 0.2) is 5.84 Å². The molecule has 0 saturated carbocycles. The number of carbonyl (C=O) groups is 1. The van der Waals surface area contributed by atoms with E-state index < -0.39 is 18.0 Å². The van der Waals surface area contributed by atoms with Gasteiger partial charge in [0.1, 0.15) is 12.4 Å². The number of amides is 1. The number of benzene rings is 2. The van der Waals surface area contributed by atoms with E-state index in [0.29, 0.717) is 29.7 Å². The first-order valence-corrected chi connectivity index (χ1v) is 10.7. The second-order valence-corrected chi connectivity index (χ2v) is 7.98. The molecule has 2 aromatic carbocycles. The minimum atomic E-state index is -0.658. The fourth-order valence-electron chi connectivity index (χ4n) is 3.64. The predicted molar refractivity (Wildman–Crippen MR) is 127 cm³/mol. The van der Waals surface area contributed by atoms with Crippen molar-refractivity contribution in [3.05, 3.63) is 63.8 Å². The summed E-state index contributed by atoms with van der Waals surface area (Å²) >= 11 is 0. The monoisotopic (exact) mass is 453 g/mol. The Kier molecular flexibility index (Phi) is 7.23. The van der Waals surface area contributed by atoms with Gasteiger partial charge in [-0.2, -0.15) is 14.9 Å². The van der Waals surface area contributed by atoms with E-state index in [2.05, 4.69) is 10.2 Å². The molecular weight excluding hydrogens is 425 g/mol. The number of anilines is 1. The molecule has 8 nitrogen and oxygen atoms in total. The van der Waals surface area contributed by atoms with Crippen molar-refractivity contribution in [1.29, 1.82) is 0 Å². The van der Waals surface area contributed by atoms with Crippen LogP contribution < -0.4 is 10.6 Å². The molecule has 9 heteroatoms. The zero-order valence-electron chi connectivity index (χ0n) is 19.4. The molecule has 1 amide bonds. The molecule has 0 spiro atoms. The van der Waals surface area contributed by atoms with Crippen molar-refractivity contribution in [3.8, 4) is 5.69 Å². The van der Waals surface area contributed by atoms with Gasteiger partial charge in [-0.15, -0.1) is 0 Å². The van der Waals surface area contributed by atoms with E-state index in [0.717, 1.165) is 5.56 Å². The van der Waals surface area contributed by atoms with E-state index in [1.54, 1.807) is 13.0 Å². The van der Waals surface area contributed by atoms with Crippen LogP contribution in [0.4, 0.5) is 10.1 Å². The largest absolute Gasteiger partial charge is 0.388 e. The number of para-hydroxylation sites is 1. The Balaban J connectivity index is 2.25. The van der Waals surface area contributed by atoms with E-state index in [4.69, 9.17) is 0 Å². The number of aromatic nitrogens is 2. The molecule has 0 fully saturated rings. The Morgan fingerprint density at radius 2 is 1.97 bits per heavy atom. The third-order valence-electron chi connectivity index (χ3n) is 5.44. The van der Waals surface area contributed by atoms with Gasteiger partial charge < -0.3 is 5.11 Å². The maximum Gasteiger partial charge on any atom is 0.279 e. The maximum atomic E-state index is 15.2. The number of aryl methyl sites for hydroxylation is 1. The molecule has 1 N–H and O–H groups in total. The molecule has 0 aliphatic rings. The zero-order chi connectivity index (χ0) is 24.3. The number of likely N-dealkylation sites (N-methyl/N-ethyl adjacent to an activating group) is 1. The molecular formula is C24H28FN5O3. The molecule has 3 aromatic rings. The number of amidine groups is 1. The van der Waals surface area contributed by atoms with Crippen LogP contribution in [0.25, 0.3) is 16.5 Å². The lowest BCUT2D eigenvalue weighted by atomic mass is 10.0. The van der Waals surface area contributed by atoms with Crippen molar-refractivity contribution in [2.45, 2.75) is 33.6 Å². The van der Waals surface area contributed by atoms with E-state index in [9.17, 15) is 14.7 Å². The molecule has 0 unspecified atom stereocenters. The summed E-state index contributed by atoms with van der Waals surface area (Å²) in [6.45, 7) is 7.33. The van der Waals surface area contributed by atoms with Gasteiger partial charge in [0.05, 0.1) is 22.5 Å². The van der Waals surface area contributed by atoms with E-state index in [-0.39, 0.29) is 22.8 Å². The van der Waals surface area contributed by atoms with Crippen molar-refractivity contribution in [2.75, 3.05) is 25.2 Å². The molecule has 0 aliphatic heterocycles. The topological polar surface area (TPSA) is 91.0 Å². The van der Waals surface area contributed by atoms with Crippen LogP contribution in [0.5, 0.6) is 0 Å². The van der Waals surface area contributed by atoms with Gasteiger partial charge in [0.2, 0.25) is 6.41 Å². The Labute approximate surface area is 191 Å². The Morgan fingerprint density at radius 1 is 1.27 bits per heavy atom. The SMILES string of the molecule is CCN(C=O)/C(CO)=N\N(C)c1cc2c(C(C)C)nn(-c3ccccc3C)c(=O)c2cc1F. The number of nitrogens with zero attached hydrogens (tertiary/aromatic N) is 5. The smallest absolute Gasteiger partial charge is 0.279 e. The Morgan fingerprint density at radius 3 is 2.55 bits per heavy atom. The number of carbonyl (C=O) groups excluding carboxylic acids is 1. The fraction of sp³-hybridized carbons (Fsp3) is 0.333. The van der Waals surface area contributed by atoms with Crippen LogP contribution in [-0.4, -0.2) is 52.2 Å². The molecule has 0 bridgehead atoms. The number of hydrazone groups is 1. The highest BCUT2D eigenvalue weighted by atomic mass is 19.1. The van der Waals surface area contributed by atoms with Crippen molar-refractivity contribution in [3.63, 3.8) is 0 Å². The second-order valence-electron chi connectivity index (χ2n) is 7.98. The molecule has 1 heterocycles. The number of fused-ring (bicyclic) bond motifs is 1. The first-order valence-electron chi connectivity index (χ1n) is 10.7. The standard InChI is InChI=1S/C24H28FN5O3/c1-6-29(14-32)22(13-31)26-28(5)21-12-17-18(11-19(21)25)24(33)30(27-23(17)15(2)3)20-10-8-7-9-16(20)4/h7-12,14-15,31H,6,13H2,1-5H3/b26-22-. The summed E-state index contributed by atoms with van der Waals surface area (Å²) in [5, 5.41) is 20.4. The van der Waals surface area contributed by atoms with E-state index in [1.807, 2.05) is 39.0 Å². The van der Waals surface area contributed by atoms with Crippen LogP contribution in [0, 0.1) is 12.7 Å². The minimum absolute atomic E-state index is 0.0471. The molecule has 0 saturated heterocycles. The summed E-state index contributed by atoms with van der Waals surface area (Å²) in [5.41, 5.74) is 1.82. The molecule has 3 rings (SSSR count). The number of rotatable bonds is 7. The highest BCUT2D eigenvalue weighted by Crippen LogP contribution is 2.29. The average molecular weight is 454 g/mol. The molecule has 0 atom stereocenters. The van der Waals surface area contributed by atoms with Crippen molar-refractivity contribution in [1.82, 2.24) is 14.7 Å². The minimum Gasteiger partial charge on any atom is -0.388 e. The van der Waals surface area contributed by atoms with Crippen LogP contribution in [0.1, 0.15) is 37.9 Å². The fourth-order valence-corrected chi connectivity index (χ4v) is 3.64. The lowest BCUT2D eigenvalue weighted by Crippen LogP contribution is -2.34. The normalized spacial score (nSPS) is 11.8. The third-order valence-corrected chi connectivity index (χ3v) is 5.44. The van der Waals surface area contributed by atoms with Crippen LogP contribution in [0.3, 0.4) is 0 Å². The van der Waals surface area contributed by atoms with Crippen LogP contribution >= 0.6 is 0 Å². The number of aliphatic hydroxyl groups is 1. The summed E-state index contributed by atoms with van der Waals surface area (Å²) < 4.78 is 16.5. The lowest BCUT2D eigenvalue weighted by molar-refractivity contribution is -0.114. The maximum absolute atomic E-state index is 15.2. The third kappa shape index (κ3) is 4.63. The number of hydrogen-bond donors (Lipinski definition) is 1. The van der Waals surface area contributed by atoms with Gasteiger partial charge in [-0.1, -0.05) is 32.0 Å². The van der Waals surface area contributed by atoms with Crippen LogP contribution in [-0.2, 0) is 4.79 Å². The van der Waals surface area contributed by atoms with Gasteiger partial charge in [-0.05, 0) is 43.5 Å². The first kappa shape index (κ1) is 24.1. The van der Waals surface area contributed by atoms with E-state index >= 15 is 4.39 Å². The van der Waals surface area contributed by atoms with Gasteiger partial charge in [0, 0.05) is 19.0 Å². The van der Waals surface area contributed by atoms with E-state index in [1.165, 1.54) is 33.8 Å². The predicted octanol–water partition coefficient (Wildman–Crippen LogP) is 3.18. The highest BCUT2D eigenvalue weighted by Gasteiger charge is 2.20. The first-order chi connectivity index (χ1) is 15.7. The van der Waals surface area contributed by atoms with Gasteiger partial charge in [-0.25, -0.2) is 4.39 Å². The summed E-state index contributed by atoms with van der Waals surface area (Å²) in [7, 11) is 1.51. The quantitative estimate of drug-likeness (QED) is 0.257.